The molecule has 3 aromatic rings. The summed E-state index contributed by atoms with van der Waals surface area (Å²) in [6, 6.07) is 12.0. The Morgan fingerprint density at radius 1 is 0.938 bits per heavy atom. The number of fused-ring (bicyclic) bond motifs is 1. The highest BCUT2D eigenvalue weighted by molar-refractivity contribution is 7.89. The van der Waals surface area contributed by atoms with Crippen LogP contribution in [0.5, 0.6) is 0 Å². The lowest BCUT2D eigenvalue weighted by molar-refractivity contribution is 0.0746. The van der Waals surface area contributed by atoms with Crippen molar-refractivity contribution >= 4 is 54.2 Å². The van der Waals surface area contributed by atoms with Crippen LogP contribution in [0.4, 0.5) is 5.13 Å². The topological polar surface area (TPSA) is 73.8 Å². The Balaban J connectivity index is 1.24. The normalized spacial score (nSPS) is 17.9. The zero-order valence-electron chi connectivity index (χ0n) is 17.4. The Hall–Kier alpha value is -2.20. The van der Waals surface area contributed by atoms with E-state index in [1.165, 1.54) is 4.31 Å². The maximum absolute atomic E-state index is 13.0. The maximum atomic E-state index is 13.0. The molecule has 10 heteroatoms. The lowest BCUT2D eigenvalue weighted by Crippen LogP contribution is -2.48. The third kappa shape index (κ3) is 4.10. The van der Waals surface area contributed by atoms with Crippen LogP contribution >= 0.6 is 22.9 Å². The number of thiazole rings is 1. The summed E-state index contributed by atoms with van der Waals surface area (Å²) < 4.78 is 27.9. The van der Waals surface area contributed by atoms with Crippen LogP contribution in [0.25, 0.3) is 10.2 Å². The van der Waals surface area contributed by atoms with Crippen molar-refractivity contribution in [1.29, 1.82) is 0 Å². The first-order chi connectivity index (χ1) is 15.4. The number of sulfonamides is 1. The summed E-state index contributed by atoms with van der Waals surface area (Å²) in [5.74, 6) is -0.0779. The van der Waals surface area contributed by atoms with E-state index in [2.05, 4.69) is 4.90 Å². The van der Waals surface area contributed by atoms with Gasteiger partial charge in [0, 0.05) is 49.9 Å². The highest BCUT2D eigenvalue weighted by Gasteiger charge is 2.28. The van der Waals surface area contributed by atoms with Crippen LogP contribution in [-0.4, -0.2) is 67.8 Å². The number of amides is 1. The average Bonchev–Trinajstić information content (AvgIpc) is 3.49. The van der Waals surface area contributed by atoms with Crippen molar-refractivity contribution < 1.29 is 13.2 Å². The zero-order valence-corrected chi connectivity index (χ0v) is 19.8. The fraction of sp³-hybridized carbons (Fsp3) is 0.364. The first-order valence-corrected chi connectivity index (χ1v) is 13.3. The third-order valence-electron chi connectivity index (χ3n) is 5.98. The molecule has 0 bridgehead atoms. The first-order valence-electron chi connectivity index (χ1n) is 10.6. The van der Waals surface area contributed by atoms with Crippen molar-refractivity contribution in [2.45, 2.75) is 17.7 Å². The second kappa shape index (κ2) is 8.62. The molecule has 0 N–H and O–H groups in total. The van der Waals surface area contributed by atoms with Crippen LogP contribution in [0.15, 0.2) is 47.4 Å². The predicted molar refractivity (Wildman–Crippen MR) is 127 cm³/mol. The molecule has 2 aliphatic heterocycles. The second-order valence-electron chi connectivity index (χ2n) is 8.02. The van der Waals surface area contributed by atoms with Crippen molar-refractivity contribution in [2.24, 2.45) is 0 Å². The van der Waals surface area contributed by atoms with E-state index in [0.717, 1.165) is 28.2 Å². The summed E-state index contributed by atoms with van der Waals surface area (Å²) in [6.45, 7) is 3.69. The molecule has 168 valence electrons. The lowest BCUT2D eigenvalue weighted by Gasteiger charge is -2.34. The molecule has 1 amide bonds. The molecule has 3 heterocycles. The van der Waals surface area contributed by atoms with Gasteiger partial charge >= 0.3 is 0 Å². The van der Waals surface area contributed by atoms with E-state index in [9.17, 15) is 13.2 Å². The summed E-state index contributed by atoms with van der Waals surface area (Å²) in [5, 5.41) is 1.63. The van der Waals surface area contributed by atoms with Gasteiger partial charge in [0.25, 0.3) is 5.91 Å². The summed E-state index contributed by atoms with van der Waals surface area (Å²) in [6.07, 6.45) is 1.79. The molecular weight excluding hydrogens is 468 g/mol. The molecule has 0 atom stereocenters. The largest absolute Gasteiger partial charge is 0.345 e. The van der Waals surface area contributed by atoms with Crippen LogP contribution in [0.1, 0.15) is 23.2 Å². The molecule has 5 rings (SSSR count). The second-order valence-corrected chi connectivity index (χ2v) is 11.4. The smallest absolute Gasteiger partial charge is 0.253 e. The van der Waals surface area contributed by atoms with Crippen LogP contribution < -0.4 is 4.90 Å². The maximum Gasteiger partial charge on any atom is 0.253 e. The fourth-order valence-electron chi connectivity index (χ4n) is 4.15. The van der Waals surface area contributed by atoms with E-state index in [1.54, 1.807) is 35.6 Å². The molecule has 0 saturated carbocycles. The highest BCUT2D eigenvalue weighted by atomic mass is 35.5. The molecule has 7 nitrogen and oxygen atoms in total. The fourth-order valence-corrected chi connectivity index (χ4v) is 6.96. The van der Waals surface area contributed by atoms with E-state index in [-0.39, 0.29) is 10.8 Å². The molecule has 0 spiro atoms. The number of carbonyl (C=O) groups is 1. The van der Waals surface area contributed by atoms with Crippen molar-refractivity contribution in [1.82, 2.24) is 14.2 Å². The van der Waals surface area contributed by atoms with Crippen molar-refractivity contribution in [2.75, 3.05) is 44.2 Å². The Labute approximate surface area is 196 Å². The number of nitrogens with zero attached hydrogens (tertiary/aromatic N) is 4. The van der Waals surface area contributed by atoms with E-state index >= 15 is 0 Å². The Bertz CT molecular complexity index is 1250. The van der Waals surface area contributed by atoms with Gasteiger partial charge in [0.1, 0.15) is 0 Å². The minimum atomic E-state index is -3.47. The zero-order chi connectivity index (χ0) is 22.3. The quantitative estimate of drug-likeness (QED) is 0.557. The molecule has 2 aliphatic rings. The SMILES string of the molecule is O=C(c1ccc(S(=O)(=O)N2CCCC2)cc1)N1CCN(c2nc3ccc(Cl)cc3s2)CC1. The van der Waals surface area contributed by atoms with E-state index in [4.69, 9.17) is 16.6 Å². The minimum Gasteiger partial charge on any atom is -0.345 e. The van der Waals surface area contributed by atoms with Crippen LogP contribution in [0, 0.1) is 0 Å². The molecule has 1 aromatic heterocycles. The van der Waals surface area contributed by atoms with E-state index < -0.39 is 10.0 Å². The van der Waals surface area contributed by atoms with Gasteiger partial charge in [-0.3, -0.25) is 4.79 Å². The lowest BCUT2D eigenvalue weighted by atomic mass is 10.2. The van der Waals surface area contributed by atoms with Gasteiger partial charge in [-0.15, -0.1) is 0 Å². The number of carbonyl (C=O) groups excluding carboxylic acids is 1. The van der Waals surface area contributed by atoms with Gasteiger partial charge in [0.2, 0.25) is 10.0 Å². The number of halogens is 1. The Kier molecular flexibility index (Phi) is 5.83. The minimum absolute atomic E-state index is 0.0779. The Morgan fingerprint density at radius 3 is 2.31 bits per heavy atom. The van der Waals surface area contributed by atoms with E-state index in [0.29, 0.717) is 49.9 Å². The van der Waals surface area contributed by atoms with Gasteiger partial charge in [0.15, 0.2) is 5.13 Å². The van der Waals surface area contributed by atoms with E-state index in [1.807, 2.05) is 23.1 Å². The number of piperazine rings is 1. The number of hydrogen-bond acceptors (Lipinski definition) is 6. The molecule has 32 heavy (non-hydrogen) atoms. The summed E-state index contributed by atoms with van der Waals surface area (Å²) in [7, 11) is -3.47. The Morgan fingerprint density at radius 2 is 1.62 bits per heavy atom. The van der Waals surface area contributed by atoms with Gasteiger partial charge in [0.05, 0.1) is 15.1 Å². The summed E-state index contributed by atoms with van der Waals surface area (Å²) in [5.41, 5.74) is 1.44. The molecule has 2 aromatic carbocycles. The molecule has 0 unspecified atom stereocenters. The number of rotatable bonds is 4. The molecule has 2 fully saturated rings. The van der Waals surface area contributed by atoms with Crippen LogP contribution in [-0.2, 0) is 10.0 Å². The van der Waals surface area contributed by atoms with Gasteiger partial charge in [-0.25, -0.2) is 13.4 Å². The summed E-state index contributed by atoms with van der Waals surface area (Å²) in [4.78, 5) is 21.9. The monoisotopic (exact) mass is 490 g/mol. The first kappa shape index (κ1) is 21.6. The standard InChI is InChI=1S/C22H23ClN4O3S2/c23-17-5-8-19-20(15-17)31-22(24-19)26-13-11-25(12-14-26)21(28)16-3-6-18(7-4-16)32(29,30)27-9-1-2-10-27/h3-8,15H,1-2,9-14H2. The van der Waals surface area contributed by atoms with Gasteiger partial charge < -0.3 is 9.80 Å². The van der Waals surface area contributed by atoms with Gasteiger partial charge in [-0.1, -0.05) is 22.9 Å². The average molecular weight is 491 g/mol. The predicted octanol–water partition coefficient (Wildman–Crippen LogP) is 3.70. The number of hydrogen-bond donors (Lipinski definition) is 0. The third-order valence-corrected chi connectivity index (χ3v) is 9.21. The summed E-state index contributed by atoms with van der Waals surface area (Å²) >= 11 is 7.68. The van der Waals surface area contributed by atoms with Crippen LogP contribution in [0.3, 0.4) is 0 Å². The number of anilines is 1. The molecule has 0 aliphatic carbocycles. The number of aromatic nitrogens is 1. The van der Waals surface area contributed by atoms with Gasteiger partial charge in [-0.2, -0.15) is 4.31 Å². The van der Waals surface area contributed by atoms with Crippen molar-refractivity contribution in [3.63, 3.8) is 0 Å². The van der Waals surface area contributed by atoms with Crippen molar-refractivity contribution in [3.8, 4) is 0 Å². The van der Waals surface area contributed by atoms with Crippen LogP contribution in [0.2, 0.25) is 5.02 Å². The van der Waals surface area contributed by atoms with Gasteiger partial charge in [-0.05, 0) is 55.3 Å². The highest BCUT2D eigenvalue weighted by Crippen LogP contribution is 2.31. The van der Waals surface area contributed by atoms with Crippen molar-refractivity contribution in [3.05, 3.63) is 53.1 Å². The number of benzene rings is 2. The molecule has 2 saturated heterocycles. The molecule has 0 radical (unpaired) electrons. The molecular formula is C22H23ClN4O3S2.